The van der Waals surface area contributed by atoms with E-state index in [0.717, 1.165) is 23.9 Å². The topological polar surface area (TPSA) is 116 Å². The molecule has 0 saturated carbocycles. The molecule has 2 aromatic heterocycles. The van der Waals surface area contributed by atoms with E-state index < -0.39 is 24.3 Å². The van der Waals surface area contributed by atoms with Gasteiger partial charge in [0.15, 0.2) is 0 Å². The number of aromatic amines is 1. The summed E-state index contributed by atoms with van der Waals surface area (Å²) in [6, 6.07) is 17.0. The van der Waals surface area contributed by atoms with Crippen molar-refractivity contribution in [2.45, 2.75) is 25.2 Å². The van der Waals surface area contributed by atoms with Crippen LogP contribution in [0.2, 0.25) is 0 Å². The number of alkyl halides is 6. The van der Waals surface area contributed by atoms with Crippen molar-refractivity contribution in [1.29, 1.82) is 0 Å². The van der Waals surface area contributed by atoms with Crippen LogP contribution in [0, 0.1) is 0 Å². The van der Waals surface area contributed by atoms with Crippen LogP contribution in [-0.4, -0.2) is 49.7 Å². The number of nitrogens with zero attached hydrogens (tertiary/aromatic N) is 2. The van der Waals surface area contributed by atoms with E-state index in [1.54, 1.807) is 11.3 Å². The summed E-state index contributed by atoms with van der Waals surface area (Å²) in [4.78, 5) is 22.5. The molecule has 4 rings (SSSR count). The van der Waals surface area contributed by atoms with Crippen LogP contribution >= 0.6 is 11.3 Å². The second-order valence-electron chi connectivity index (χ2n) is 6.87. The number of rotatable bonds is 4. The molecule has 14 heteroatoms. The molecule has 0 amide bonds. The Bertz CT molecular complexity index is 1250. The van der Waals surface area contributed by atoms with Gasteiger partial charge in [-0.25, -0.2) is 14.6 Å². The van der Waals surface area contributed by atoms with Crippen LogP contribution in [0.15, 0.2) is 60.9 Å². The highest BCUT2D eigenvalue weighted by atomic mass is 32.1. The first-order valence-corrected chi connectivity index (χ1v) is 10.6. The number of hydrogen-bond acceptors (Lipinski definition) is 5. The van der Waals surface area contributed by atoms with Gasteiger partial charge in [-0.05, 0) is 29.7 Å². The second-order valence-corrected chi connectivity index (χ2v) is 7.98. The highest BCUT2D eigenvalue weighted by Gasteiger charge is 2.38. The van der Waals surface area contributed by atoms with Crippen molar-refractivity contribution in [1.82, 2.24) is 15.2 Å². The van der Waals surface area contributed by atoms with Crippen LogP contribution < -0.4 is 0 Å². The second kappa shape index (κ2) is 12.2. The molecule has 192 valence electrons. The number of H-pyrrole nitrogens is 1. The minimum atomic E-state index is -5.08. The third kappa shape index (κ3) is 9.02. The summed E-state index contributed by atoms with van der Waals surface area (Å²) in [5.74, 6) is -5.51. The van der Waals surface area contributed by atoms with Gasteiger partial charge in [0.1, 0.15) is 0 Å². The van der Waals surface area contributed by atoms with E-state index in [1.807, 2.05) is 12.4 Å². The molecule has 2 aromatic carbocycles. The molecular formula is C22H17F6N3O4S. The molecule has 0 fully saturated rings. The lowest BCUT2D eigenvalue weighted by atomic mass is 10.1. The first-order chi connectivity index (χ1) is 16.8. The summed E-state index contributed by atoms with van der Waals surface area (Å²) < 4.78 is 64.7. The third-order valence-corrected chi connectivity index (χ3v) is 5.30. The summed E-state index contributed by atoms with van der Waals surface area (Å²) in [6.07, 6.45) is -4.38. The molecule has 36 heavy (non-hydrogen) atoms. The lowest BCUT2D eigenvalue weighted by Gasteiger charge is -1.97. The zero-order valence-corrected chi connectivity index (χ0v) is 18.8. The maximum absolute atomic E-state index is 10.6. The van der Waals surface area contributed by atoms with Crippen LogP contribution in [0.25, 0.3) is 21.3 Å². The standard InChI is InChI=1S/C18H15N3S.2C2HF3O2/c1-2-4-13(5-3-1)6-9-18-21-16-8-7-14(10-17(16)22-18)15-11-19-20-12-15;2*3-2(4,5)1(6)7/h1-5,7-8,10-12H,6,9H2,(H,19,20);2*(H,6,7). The lowest BCUT2D eigenvalue weighted by molar-refractivity contribution is -0.193. The van der Waals surface area contributed by atoms with E-state index in [4.69, 9.17) is 24.8 Å². The smallest absolute Gasteiger partial charge is 0.475 e. The Morgan fingerprint density at radius 2 is 1.44 bits per heavy atom. The molecule has 0 atom stereocenters. The van der Waals surface area contributed by atoms with Crippen LogP contribution in [0.1, 0.15) is 10.6 Å². The molecule has 0 saturated heterocycles. The highest BCUT2D eigenvalue weighted by molar-refractivity contribution is 7.18. The summed E-state index contributed by atoms with van der Waals surface area (Å²) in [7, 11) is 0. The van der Waals surface area contributed by atoms with Crippen LogP contribution in [0.3, 0.4) is 0 Å². The Morgan fingerprint density at radius 3 is 1.94 bits per heavy atom. The number of aryl methyl sites for hydroxylation is 2. The molecule has 0 bridgehead atoms. The molecule has 0 aliphatic rings. The van der Waals surface area contributed by atoms with Gasteiger partial charge < -0.3 is 10.2 Å². The van der Waals surface area contributed by atoms with Gasteiger partial charge >= 0.3 is 24.3 Å². The first kappa shape index (κ1) is 28.3. The van der Waals surface area contributed by atoms with Crippen molar-refractivity contribution in [2.75, 3.05) is 0 Å². The van der Waals surface area contributed by atoms with E-state index in [0.29, 0.717) is 0 Å². The number of fused-ring (bicyclic) bond motifs is 1. The van der Waals surface area contributed by atoms with Gasteiger partial charge in [-0.1, -0.05) is 36.4 Å². The molecule has 2 heterocycles. The fraction of sp³-hybridized carbons (Fsp3) is 0.182. The summed E-state index contributed by atoms with van der Waals surface area (Å²) in [5, 5.41) is 22.3. The zero-order valence-electron chi connectivity index (χ0n) is 18.0. The predicted molar refractivity (Wildman–Crippen MR) is 118 cm³/mol. The van der Waals surface area contributed by atoms with Crippen molar-refractivity contribution in [3.8, 4) is 11.1 Å². The van der Waals surface area contributed by atoms with Gasteiger partial charge in [0.05, 0.1) is 21.4 Å². The third-order valence-electron chi connectivity index (χ3n) is 4.22. The number of hydrogen-bond donors (Lipinski definition) is 3. The molecule has 0 unspecified atom stereocenters. The Hall–Kier alpha value is -3.94. The normalized spacial score (nSPS) is 11.2. The number of aliphatic carboxylic acids is 2. The number of carboxylic acid groups (broad SMARTS) is 2. The van der Waals surface area contributed by atoms with Crippen molar-refractivity contribution >= 4 is 33.5 Å². The number of nitrogens with one attached hydrogen (secondary N) is 1. The quantitative estimate of drug-likeness (QED) is 0.288. The predicted octanol–water partition coefficient (Wildman–Crippen LogP) is 5.74. The van der Waals surface area contributed by atoms with Crippen molar-refractivity contribution in [2.24, 2.45) is 0 Å². The molecular weight excluding hydrogens is 516 g/mol. The van der Waals surface area contributed by atoms with Crippen LogP contribution in [-0.2, 0) is 22.4 Å². The monoisotopic (exact) mass is 533 g/mol. The largest absolute Gasteiger partial charge is 0.490 e. The van der Waals surface area contributed by atoms with Crippen LogP contribution in [0.4, 0.5) is 26.3 Å². The Balaban J connectivity index is 0.000000271. The fourth-order valence-corrected chi connectivity index (χ4v) is 3.57. The fourth-order valence-electron chi connectivity index (χ4n) is 2.56. The molecule has 0 spiro atoms. The number of carboxylic acids is 2. The van der Waals surface area contributed by atoms with Gasteiger partial charge in [0, 0.05) is 18.2 Å². The minimum absolute atomic E-state index is 0.990. The minimum Gasteiger partial charge on any atom is -0.475 e. The first-order valence-electron chi connectivity index (χ1n) is 9.80. The van der Waals surface area contributed by atoms with Gasteiger partial charge in [0.2, 0.25) is 0 Å². The molecule has 4 aromatic rings. The van der Waals surface area contributed by atoms with E-state index in [1.165, 1.54) is 20.8 Å². The molecule has 0 aliphatic heterocycles. The number of halogens is 6. The average Bonchev–Trinajstić information content (AvgIpc) is 3.47. The van der Waals surface area contributed by atoms with Gasteiger partial charge in [-0.2, -0.15) is 31.4 Å². The van der Waals surface area contributed by atoms with Crippen molar-refractivity contribution < 1.29 is 46.1 Å². The van der Waals surface area contributed by atoms with Crippen LogP contribution in [0.5, 0.6) is 0 Å². The number of carbonyl (C=O) groups is 2. The molecule has 0 radical (unpaired) electrons. The van der Waals surface area contributed by atoms with E-state index in [2.05, 4.69) is 58.7 Å². The van der Waals surface area contributed by atoms with Crippen molar-refractivity contribution in [3.63, 3.8) is 0 Å². The van der Waals surface area contributed by atoms with E-state index in [-0.39, 0.29) is 0 Å². The van der Waals surface area contributed by atoms with Gasteiger partial charge in [-0.3, -0.25) is 5.10 Å². The van der Waals surface area contributed by atoms with Gasteiger partial charge in [-0.15, -0.1) is 11.3 Å². The maximum atomic E-state index is 10.6. The Morgan fingerprint density at radius 1 is 0.861 bits per heavy atom. The average molecular weight is 533 g/mol. The molecule has 0 aliphatic carbocycles. The maximum Gasteiger partial charge on any atom is 0.490 e. The summed E-state index contributed by atoms with van der Waals surface area (Å²) in [6.45, 7) is 0. The van der Waals surface area contributed by atoms with Crippen molar-refractivity contribution in [3.05, 3.63) is 71.5 Å². The highest BCUT2D eigenvalue weighted by Crippen LogP contribution is 2.28. The number of aromatic nitrogens is 3. The summed E-state index contributed by atoms with van der Waals surface area (Å²) in [5.41, 5.74) is 4.74. The zero-order chi connectivity index (χ0) is 26.9. The Labute approximate surface area is 203 Å². The molecule has 3 N–H and O–H groups in total. The van der Waals surface area contributed by atoms with E-state index >= 15 is 0 Å². The van der Waals surface area contributed by atoms with Gasteiger partial charge in [0.25, 0.3) is 0 Å². The number of benzene rings is 2. The summed E-state index contributed by atoms with van der Waals surface area (Å²) >= 11 is 1.79. The number of thiazole rings is 1. The SMILES string of the molecule is O=C(O)C(F)(F)F.O=C(O)C(F)(F)F.c1ccc(CCc2nc3ccc(-c4cn[nH]c4)cc3s2)cc1. The van der Waals surface area contributed by atoms with E-state index in [9.17, 15) is 26.3 Å². The Kier molecular flexibility index (Phi) is 9.55. The molecule has 7 nitrogen and oxygen atoms in total. The lowest BCUT2D eigenvalue weighted by Crippen LogP contribution is -2.21.